The van der Waals surface area contributed by atoms with Gasteiger partial charge in [-0.05, 0) is 17.7 Å². The lowest BCUT2D eigenvalue weighted by molar-refractivity contribution is 0.0550. The maximum Gasteiger partial charge on any atom is 0.356 e. The topological polar surface area (TPSA) is 61.9 Å². The van der Waals surface area contributed by atoms with Gasteiger partial charge in [0.2, 0.25) is 0 Å². The summed E-state index contributed by atoms with van der Waals surface area (Å²) in [5.74, 6) is -1.35. The van der Waals surface area contributed by atoms with Gasteiger partial charge in [0, 0.05) is 40.6 Å². The standard InChI is InChI=1S/C19H16Cl2N2O4/c1-10(12-6-5-11(20)9-13(12)21)14-15(18(24)26-3)16(19(25)27-4)23-8-7-22(2)17(14)23/h5-9H,1H2,2-4H3. The molecule has 1 aromatic carbocycles. The highest BCUT2D eigenvalue weighted by Crippen LogP contribution is 2.37. The molecule has 0 aliphatic rings. The number of rotatable bonds is 4. The van der Waals surface area contributed by atoms with Crippen LogP contribution in [0.25, 0.3) is 11.2 Å². The second-order valence-electron chi connectivity index (χ2n) is 5.79. The van der Waals surface area contributed by atoms with Crippen molar-refractivity contribution in [2.24, 2.45) is 7.05 Å². The normalized spacial score (nSPS) is 10.9. The number of carbonyl (C=O) groups excluding carboxylic acids is 2. The van der Waals surface area contributed by atoms with Crippen LogP contribution in [-0.2, 0) is 16.5 Å². The van der Waals surface area contributed by atoms with E-state index in [-0.39, 0.29) is 11.3 Å². The van der Waals surface area contributed by atoms with Crippen molar-refractivity contribution in [3.8, 4) is 0 Å². The quantitative estimate of drug-likeness (QED) is 0.608. The van der Waals surface area contributed by atoms with Crippen LogP contribution in [0.1, 0.15) is 32.0 Å². The summed E-state index contributed by atoms with van der Waals surface area (Å²) >= 11 is 12.3. The minimum atomic E-state index is -0.680. The van der Waals surface area contributed by atoms with Crippen LogP contribution in [0.3, 0.4) is 0 Å². The molecule has 140 valence electrons. The number of aryl methyl sites for hydroxylation is 1. The second-order valence-corrected chi connectivity index (χ2v) is 6.63. The summed E-state index contributed by atoms with van der Waals surface area (Å²) in [6.45, 7) is 4.12. The predicted molar refractivity (Wildman–Crippen MR) is 104 cm³/mol. The zero-order chi connectivity index (χ0) is 19.9. The molecule has 0 spiro atoms. The number of carbonyl (C=O) groups is 2. The Balaban J connectivity index is 2.40. The van der Waals surface area contributed by atoms with Crippen molar-refractivity contribution in [2.75, 3.05) is 14.2 Å². The van der Waals surface area contributed by atoms with Gasteiger partial charge in [-0.2, -0.15) is 0 Å². The fourth-order valence-corrected chi connectivity index (χ4v) is 3.58. The van der Waals surface area contributed by atoms with E-state index in [1.807, 2.05) is 0 Å². The smallest absolute Gasteiger partial charge is 0.356 e. The number of ether oxygens (including phenoxy) is 2. The maximum atomic E-state index is 12.6. The number of hydrogen-bond acceptors (Lipinski definition) is 4. The molecular formula is C19H16Cl2N2O4. The fraction of sp³-hybridized carbons (Fsp3) is 0.158. The van der Waals surface area contributed by atoms with Crippen LogP contribution < -0.4 is 0 Å². The van der Waals surface area contributed by atoms with Crippen molar-refractivity contribution >= 4 is 46.4 Å². The molecule has 0 N–H and O–H groups in total. The van der Waals surface area contributed by atoms with E-state index in [0.29, 0.717) is 32.4 Å². The molecule has 0 saturated heterocycles. The molecule has 0 radical (unpaired) electrons. The first-order valence-corrected chi connectivity index (χ1v) is 8.58. The van der Waals surface area contributed by atoms with Gasteiger partial charge in [0.1, 0.15) is 16.9 Å². The van der Waals surface area contributed by atoms with Gasteiger partial charge >= 0.3 is 11.9 Å². The minimum Gasteiger partial charge on any atom is -0.465 e. The van der Waals surface area contributed by atoms with Gasteiger partial charge in [0.15, 0.2) is 0 Å². The monoisotopic (exact) mass is 406 g/mol. The number of aromatic nitrogens is 2. The van der Waals surface area contributed by atoms with Crippen molar-refractivity contribution < 1.29 is 19.1 Å². The van der Waals surface area contributed by atoms with Crippen LogP contribution in [0, 0.1) is 0 Å². The maximum absolute atomic E-state index is 12.6. The molecule has 0 amide bonds. The highest BCUT2D eigenvalue weighted by Gasteiger charge is 2.32. The Kier molecular flexibility index (Phi) is 5.04. The van der Waals surface area contributed by atoms with Crippen LogP contribution in [0.4, 0.5) is 0 Å². The zero-order valence-electron chi connectivity index (χ0n) is 14.9. The molecule has 0 unspecified atom stereocenters. The third kappa shape index (κ3) is 3.01. The zero-order valence-corrected chi connectivity index (χ0v) is 16.4. The summed E-state index contributed by atoms with van der Waals surface area (Å²) < 4.78 is 13.1. The number of hydrogen-bond donors (Lipinski definition) is 0. The predicted octanol–water partition coefficient (Wildman–Crippen LogP) is 4.22. The van der Waals surface area contributed by atoms with Crippen LogP contribution >= 0.6 is 23.2 Å². The van der Waals surface area contributed by atoms with Gasteiger partial charge in [0.05, 0.1) is 14.2 Å². The largest absolute Gasteiger partial charge is 0.465 e. The lowest BCUT2D eigenvalue weighted by Gasteiger charge is -2.11. The van der Waals surface area contributed by atoms with Crippen LogP contribution in [-0.4, -0.2) is 35.1 Å². The lowest BCUT2D eigenvalue weighted by atomic mass is 9.96. The Morgan fingerprint density at radius 1 is 1.04 bits per heavy atom. The van der Waals surface area contributed by atoms with E-state index in [1.54, 1.807) is 46.6 Å². The summed E-state index contributed by atoms with van der Waals surface area (Å²) in [6, 6.07) is 4.96. The third-order valence-corrected chi connectivity index (χ3v) is 4.83. The molecule has 0 bridgehead atoms. The lowest BCUT2D eigenvalue weighted by Crippen LogP contribution is -2.13. The van der Waals surface area contributed by atoms with Crippen LogP contribution in [0.2, 0.25) is 10.0 Å². The first-order valence-electron chi connectivity index (χ1n) is 7.82. The van der Waals surface area contributed by atoms with Crippen molar-refractivity contribution in [1.29, 1.82) is 0 Å². The Morgan fingerprint density at radius 3 is 2.30 bits per heavy atom. The molecule has 2 heterocycles. The molecule has 3 aromatic rings. The van der Waals surface area contributed by atoms with E-state index >= 15 is 0 Å². The van der Waals surface area contributed by atoms with Crippen LogP contribution in [0.15, 0.2) is 37.2 Å². The Bertz CT molecular complexity index is 1100. The summed E-state index contributed by atoms with van der Waals surface area (Å²) in [5, 5.41) is 0.845. The third-order valence-electron chi connectivity index (χ3n) is 4.28. The minimum absolute atomic E-state index is 0.0567. The Labute approximate surface area is 165 Å². The molecule has 6 nitrogen and oxygen atoms in total. The first kappa shape index (κ1) is 19.1. The number of imidazole rings is 1. The molecule has 0 aliphatic carbocycles. The number of methoxy groups -OCH3 is 2. The SMILES string of the molecule is C=C(c1ccc(Cl)cc1Cl)c1c(C(=O)OC)c(C(=O)OC)n2ccn(C)c12. The number of esters is 2. The number of fused-ring (bicyclic) bond motifs is 1. The fourth-order valence-electron chi connectivity index (χ4n) is 3.06. The van der Waals surface area contributed by atoms with Gasteiger partial charge in [-0.25, -0.2) is 9.59 Å². The van der Waals surface area contributed by atoms with Gasteiger partial charge < -0.3 is 14.0 Å². The van der Waals surface area contributed by atoms with E-state index in [1.165, 1.54) is 14.2 Å². The number of halogens is 2. The van der Waals surface area contributed by atoms with Crippen molar-refractivity contribution in [2.45, 2.75) is 0 Å². The highest BCUT2D eigenvalue weighted by atomic mass is 35.5. The van der Waals surface area contributed by atoms with E-state index in [2.05, 4.69) is 6.58 Å². The second kappa shape index (κ2) is 7.13. The molecular weight excluding hydrogens is 391 g/mol. The Morgan fingerprint density at radius 2 is 1.70 bits per heavy atom. The molecule has 0 atom stereocenters. The number of nitrogens with zero attached hydrogens (tertiary/aromatic N) is 2. The molecule has 0 fully saturated rings. The molecule has 2 aromatic heterocycles. The average Bonchev–Trinajstić information content (AvgIpc) is 3.17. The van der Waals surface area contributed by atoms with Gasteiger partial charge in [-0.15, -0.1) is 0 Å². The molecule has 27 heavy (non-hydrogen) atoms. The van der Waals surface area contributed by atoms with Crippen molar-refractivity contribution in [1.82, 2.24) is 8.97 Å². The molecule has 8 heteroatoms. The van der Waals surface area contributed by atoms with Gasteiger partial charge in [0.25, 0.3) is 0 Å². The van der Waals surface area contributed by atoms with Crippen molar-refractivity contribution in [3.63, 3.8) is 0 Å². The molecule has 3 rings (SSSR count). The van der Waals surface area contributed by atoms with E-state index in [4.69, 9.17) is 32.7 Å². The van der Waals surface area contributed by atoms with E-state index < -0.39 is 11.9 Å². The van der Waals surface area contributed by atoms with Gasteiger partial charge in [-0.3, -0.25) is 4.40 Å². The highest BCUT2D eigenvalue weighted by molar-refractivity contribution is 6.36. The first-order chi connectivity index (χ1) is 12.8. The number of benzene rings is 1. The van der Waals surface area contributed by atoms with E-state index in [9.17, 15) is 9.59 Å². The van der Waals surface area contributed by atoms with Crippen LogP contribution in [0.5, 0.6) is 0 Å². The Hall–Kier alpha value is -2.70. The molecule has 0 aliphatic heterocycles. The average molecular weight is 407 g/mol. The summed E-state index contributed by atoms with van der Waals surface area (Å²) in [7, 11) is 4.28. The summed E-state index contributed by atoms with van der Waals surface area (Å²) in [6.07, 6.45) is 3.41. The molecule has 0 saturated carbocycles. The van der Waals surface area contributed by atoms with E-state index in [0.717, 1.165) is 0 Å². The van der Waals surface area contributed by atoms with Gasteiger partial charge in [-0.1, -0.05) is 35.8 Å². The summed E-state index contributed by atoms with van der Waals surface area (Å²) in [5.41, 5.74) is 2.15. The van der Waals surface area contributed by atoms with Crippen molar-refractivity contribution in [3.05, 3.63) is 69.6 Å². The summed E-state index contributed by atoms with van der Waals surface area (Å²) in [4.78, 5) is 25.0.